The summed E-state index contributed by atoms with van der Waals surface area (Å²) in [5, 5.41) is 3.29. The first-order valence-electron chi connectivity index (χ1n) is 7.09. The van der Waals surface area contributed by atoms with Crippen molar-refractivity contribution < 1.29 is 15.6 Å². The van der Waals surface area contributed by atoms with E-state index in [2.05, 4.69) is 33.0 Å². The summed E-state index contributed by atoms with van der Waals surface area (Å²) < 4.78 is 16.3. The summed E-state index contributed by atoms with van der Waals surface area (Å²) in [5.41, 5.74) is 0. The standard InChI is InChI=1S/C14H31NO3.H2/c1-13(2)5-7-16-9-11-18-12-10-17-8-6-15-14(3)4;/h13-15H,5-12H2,1-4H3;1H. The Bertz CT molecular complexity index is 151. The smallest absolute Gasteiger partial charge is 0.0701 e. The van der Waals surface area contributed by atoms with Crippen molar-refractivity contribution in [3.8, 4) is 0 Å². The van der Waals surface area contributed by atoms with Crippen LogP contribution in [0.1, 0.15) is 35.5 Å². The van der Waals surface area contributed by atoms with Crippen LogP contribution in [0.5, 0.6) is 0 Å². The molecule has 0 aliphatic heterocycles. The number of hydrogen-bond acceptors (Lipinski definition) is 4. The van der Waals surface area contributed by atoms with E-state index in [-0.39, 0.29) is 1.43 Å². The summed E-state index contributed by atoms with van der Waals surface area (Å²) in [6.45, 7) is 13.8. The first-order valence-corrected chi connectivity index (χ1v) is 7.09. The average Bonchev–Trinajstić information content (AvgIpc) is 2.29. The van der Waals surface area contributed by atoms with Crippen molar-refractivity contribution in [3.05, 3.63) is 0 Å². The molecule has 0 fully saturated rings. The van der Waals surface area contributed by atoms with E-state index in [4.69, 9.17) is 14.2 Å². The van der Waals surface area contributed by atoms with Gasteiger partial charge in [-0.3, -0.25) is 0 Å². The van der Waals surface area contributed by atoms with Crippen LogP contribution < -0.4 is 5.32 Å². The minimum atomic E-state index is 0. The molecule has 0 aliphatic carbocycles. The van der Waals surface area contributed by atoms with Crippen molar-refractivity contribution in [1.82, 2.24) is 5.32 Å². The molecule has 0 aromatic heterocycles. The Hall–Kier alpha value is -0.160. The molecule has 0 aromatic carbocycles. The van der Waals surface area contributed by atoms with Gasteiger partial charge in [-0.05, 0) is 12.3 Å². The Morgan fingerprint density at radius 2 is 1.28 bits per heavy atom. The van der Waals surface area contributed by atoms with Crippen LogP contribution in [-0.2, 0) is 14.2 Å². The van der Waals surface area contributed by atoms with E-state index in [1.54, 1.807) is 0 Å². The first kappa shape index (κ1) is 17.8. The van der Waals surface area contributed by atoms with E-state index >= 15 is 0 Å². The summed E-state index contributed by atoms with van der Waals surface area (Å²) in [6, 6.07) is 0.521. The maximum absolute atomic E-state index is 5.44. The van der Waals surface area contributed by atoms with Crippen LogP contribution in [0.25, 0.3) is 0 Å². The van der Waals surface area contributed by atoms with E-state index < -0.39 is 0 Å². The van der Waals surface area contributed by atoms with E-state index in [1.807, 2.05) is 0 Å². The lowest BCUT2D eigenvalue weighted by Gasteiger charge is -2.09. The molecule has 0 saturated carbocycles. The molecule has 4 heteroatoms. The van der Waals surface area contributed by atoms with Gasteiger partial charge in [-0.25, -0.2) is 0 Å². The fourth-order valence-electron chi connectivity index (χ4n) is 1.28. The number of hydrogen-bond donors (Lipinski definition) is 1. The second-order valence-corrected chi connectivity index (χ2v) is 5.13. The predicted octanol–water partition coefficient (Wildman–Crippen LogP) is 2.33. The zero-order valence-corrected chi connectivity index (χ0v) is 12.5. The summed E-state index contributed by atoms with van der Waals surface area (Å²) >= 11 is 0. The van der Waals surface area contributed by atoms with Gasteiger partial charge >= 0.3 is 0 Å². The first-order chi connectivity index (χ1) is 8.63. The van der Waals surface area contributed by atoms with Crippen LogP contribution in [0.15, 0.2) is 0 Å². The van der Waals surface area contributed by atoms with Gasteiger partial charge in [-0.2, -0.15) is 0 Å². The summed E-state index contributed by atoms with van der Waals surface area (Å²) in [7, 11) is 0. The van der Waals surface area contributed by atoms with E-state index in [9.17, 15) is 0 Å². The zero-order chi connectivity index (χ0) is 13.6. The molecule has 0 saturated heterocycles. The molecular weight excluding hydrogens is 230 g/mol. The maximum Gasteiger partial charge on any atom is 0.0701 e. The highest BCUT2D eigenvalue weighted by Gasteiger charge is 1.95. The molecule has 0 aliphatic rings. The third kappa shape index (κ3) is 15.8. The second-order valence-electron chi connectivity index (χ2n) is 5.13. The van der Waals surface area contributed by atoms with Crippen molar-refractivity contribution in [3.63, 3.8) is 0 Å². The second kappa shape index (κ2) is 13.3. The number of ether oxygens (including phenoxy) is 3. The van der Waals surface area contributed by atoms with Crippen LogP contribution in [0, 0.1) is 5.92 Å². The molecule has 1 N–H and O–H groups in total. The monoisotopic (exact) mass is 263 g/mol. The van der Waals surface area contributed by atoms with Gasteiger partial charge in [0.1, 0.15) is 0 Å². The number of nitrogens with one attached hydrogen (secondary N) is 1. The van der Waals surface area contributed by atoms with Crippen molar-refractivity contribution in [1.29, 1.82) is 0 Å². The Kier molecular flexibility index (Phi) is 13.2. The van der Waals surface area contributed by atoms with Gasteiger partial charge in [0.15, 0.2) is 0 Å². The van der Waals surface area contributed by atoms with Crippen LogP contribution in [-0.4, -0.2) is 52.2 Å². The minimum Gasteiger partial charge on any atom is -0.379 e. The Morgan fingerprint density at radius 3 is 1.78 bits per heavy atom. The molecule has 18 heavy (non-hydrogen) atoms. The largest absolute Gasteiger partial charge is 0.379 e. The van der Waals surface area contributed by atoms with Gasteiger partial charge in [0.25, 0.3) is 0 Å². The van der Waals surface area contributed by atoms with Gasteiger partial charge < -0.3 is 19.5 Å². The fourth-order valence-corrected chi connectivity index (χ4v) is 1.28. The predicted molar refractivity (Wildman–Crippen MR) is 77.2 cm³/mol. The zero-order valence-electron chi connectivity index (χ0n) is 12.5. The molecule has 0 unspecified atom stereocenters. The Morgan fingerprint density at radius 1 is 0.778 bits per heavy atom. The Labute approximate surface area is 114 Å². The topological polar surface area (TPSA) is 39.7 Å². The molecule has 0 spiro atoms. The van der Waals surface area contributed by atoms with Gasteiger partial charge in [0.2, 0.25) is 0 Å². The highest BCUT2D eigenvalue weighted by molar-refractivity contribution is 4.50. The van der Waals surface area contributed by atoms with E-state index in [0.29, 0.717) is 38.4 Å². The van der Waals surface area contributed by atoms with Crippen LogP contribution in [0.2, 0.25) is 0 Å². The average molecular weight is 263 g/mol. The quantitative estimate of drug-likeness (QED) is 0.518. The lowest BCUT2D eigenvalue weighted by atomic mass is 10.1. The van der Waals surface area contributed by atoms with E-state index in [0.717, 1.165) is 26.2 Å². The lowest BCUT2D eigenvalue weighted by Crippen LogP contribution is -2.27. The molecule has 0 atom stereocenters. The van der Waals surface area contributed by atoms with Crippen molar-refractivity contribution in [2.45, 2.75) is 40.2 Å². The summed E-state index contributed by atoms with van der Waals surface area (Å²) in [6.07, 6.45) is 1.12. The molecular formula is C14H33NO3. The minimum absolute atomic E-state index is 0. The van der Waals surface area contributed by atoms with Crippen molar-refractivity contribution in [2.75, 3.05) is 46.2 Å². The molecule has 4 nitrogen and oxygen atoms in total. The van der Waals surface area contributed by atoms with Crippen LogP contribution in [0.3, 0.4) is 0 Å². The van der Waals surface area contributed by atoms with E-state index in [1.165, 1.54) is 0 Å². The highest BCUT2D eigenvalue weighted by atomic mass is 16.5. The lowest BCUT2D eigenvalue weighted by molar-refractivity contribution is 0.0132. The summed E-state index contributed by atoms with van der Waals surface area (Å²) in [4.78, 5) is 0. The van der Waals surface area contributed by atoms with Gasteiger partial charge in [0.05, 0.1) is 33.0 Å². The molecule has 0 aromatic rings. The molecule has 0 radical (unpaired) electrons. The van der Waals surface area contributed by atoms with Crippen molar-refractivity contribution in [2.24, 2.45) is 5.92 Å². The molecule has 0 amide bonds. The molecule has 0 heterocycles. The normalized spacial score (nSPS) is 11.7. The number of rotatable bonds is 13. The maximum atomic E-state index is 5.44. The summed E-state index contributed by atoms with van der Waals surface area (Å²) in [5.74, 6) is 0.707. The van der Waals surface area contributed by atoms with Crippen molar-refractivity contribution >= 4 is 0 Å². The third-order valence-corrected chi connectivity index (χ3v) is 2.38. The third-order valence-electron chi connectivity index (χ3n) is 2.38. The van der Waals surface area contributed by atoms with Crippen LogP contribution >= 0.6 is 0 Å². The molecule has 112 valence electrons. The van der Waals surface area contributed by atoms with Gasteiger partial charge in [0, 0.05) is 20.6 Å². The molecule has 0 bridgehead atoms. The molecule has 0 rings (SSSR count). The highest BCUT2D eigenvalue weighted by Crippen LogP contribution is 1.98. The SMILES string of the molecule is CC(C)CCOCCOCCOCCNC(C)C.[HH]. The van der Waals surface area contributed by atoms with Crippen LogP contribution in [0.4, 0.5) is 0 Å². The Balaban J connectivity index is 0. The van der Waals surface area contributed by atoms with Gasteiger partial charge in [-0.1, -0.05) is 27.7 Å². The van der Waals surface area contributed by atoms with Gasteiger partial charge in [-0.15, -0.1) is 0 Å². The fraction of sp³-hybridized carbons (Fsp3) is 1.00.